The maximum atomic E-state index is 12.5. The molecular formula is C17H21N3O2. The van der Waals surface area contributed by atoms with Gasteiger partial charge in [-0.2, -0.15) is 0 Å². The van der Waals surface area contributed by atoms with E-state index in [2.05, 4.69) is 15.4 Å². The van der Waals surface area contributed by atoms with E-state index in [1.165, 1.54) is 0 Å². The summed E-state index contributed by atoms with van der Waals surface area (Å²) in [5, 5.41) is 7.00. The van der Waals surface area contributed by atoms with Gasteiger partial charge in [-0.05, 0) is 45.4 Å². The summed E-state index contributed by atoms with van der Waals surface area (Å²) >= 11 is 0. The number of likely N-dealkylation sites (tertiary alicyclic amines) is 1. The van der Waals surface area contributed by atoms with Crippen molar-refractivity contribution in [3.05, 3.63) is 47.3 Å². The predicted octanol–water partition coefficient (Wildman–Crippen LogP) is 2.89. The molecule has 1 unspecified atom stereocenters. The first-order valence-electron chi connectivity index (χ1n) is 7.67. The number of anilines is 1. The van der Waals surface area contributed by atoms with Crippen LogP contribution >= 0.6 is 0 Å². The third-order valence-corrected chi connectivity index (χ3v) is 4.25. The molecule has 1 fully saturated rings. The zero-order valence-corrected chi connectivity index (χ0v) is 13.0. The minimum atomic E-state index is -0.0890. The first-order chi connectivity index (χ1) is 10.6. The second-order valence-corrected chi connectivity index (χ2v) is 5.79. The molecule has 0 bridgehead atoms. The third kappa shape index (κ3) is 3.04. The van der Waals surface area contributed by atoms with Gasteiger partial charge in [0.1, 0.15) is 5.76 Å². The van der Waals surface area contributed by atoms with Crippen LogP contribution in [0.15, 0.2) is 34.9 Å². The molecule has 5 heteroatoms. The number of benzene rings is 1. The quantitative estimate of drug-likeness (QED) is 0.943. The number of amides is 1. The van der Waals surface area contributed by atoms with Crippen LogP contribution in [0.4, 0.5) is 5.69 Å². The highest BCUT2D eigenvalue weighted by Crippen LogP contribution is 2.24. The van der Waals surface area contributed by atoms with Gasteiger partial charge in [-0.25, -0.2) is 0 Å². The van der Waals surface area contributed by atoms with Crippen molar-refractivity contribution in [2.75, 3.05) is 11.9 Å². The van der Waals surface area contributed by atoms with Crippen molar-refractivity contribution < 1.29 is 9.32 Å². The largest absolute Gasteiger partial charge is 0.361 e. The average Bonchev–Trinajstić information content (AvgIpc) is 3.10. The molecule has 1 atom stereocenters. The Hall–Kier alpha value is -2.14. The van der Waals surface area contributed by atoms with E-state index in [0.29, 0.717) is 6.54 Å². The molecule has 1 aromatic carbocycles. The standard InChI is InChI=1S/C17H21N3O2/c1-12-15(13(2)22-19-12)11-20-10-6-9-16(20)17(21)18-14-7-4-3-5-8-14/h3-5,7-8,16H,6,9-11H2,1-2H3,(H,18,21). The van der Waals surface area contributed by atoms with Gasteiger partial charge >= 0.3 is 0 Å². The van der Waals surface area contributed by atoms with Gasteiger partial charge in [-0.3, -0.25) is 9.69 Å². The van der Waals surface area contributed by atoms with Crippen molar-refractivity contribution >= 4 is 11.6 Å². The maximum absolute atomic E-state index is 12.5. The van der Waals surface area contributed by atoms with E-state index in [4.69, 9.17) is 4.52 Å². The van der Waals surface area contributed by atoms with Crippen LogP contribution in [-0.4, -0.2) is 28.6 Å². The van der Waals surface area contributed by atoms with Gasteiger partial charge in [0.2, 0.25) is 5.91 Å². The van der Waals surface area contributed by atoms with Crippen molar-refractivity contribution in [2.24, 2.45) is 0 Å². The van der Waals surface area contributed by atoms with Crippen LogP contribution in [-0.2, 0) is 11.3 Å². The number of carbonyl (C=O) groups excluding carboxylic acids is 1. The van der Waals surface area contributed by atoms with Crippen LogP contribution in [0, 0.1) is 13.8 Å². The number of nitrogens with zero attached hydrogens (tertiary/aromatic N) is 2. The molecule has 1 aliphatic rings. The molecule has 22 heavy (non-hydrogen) atoms. The molecule has 1 N–H and O–H groups in total. The fourth-order valence-electron chi connectivity index (χ4n) is 2.99. The molecule has 3 rings (SSSR count). The molecule has 1 aliphatic heterocycles. The molecule has 0 radical (unpaired) electrons. The van der Waals surface area contributed by atoms with Crippen molar-refractivity contribution in [1.29, 1.82) is 0 Å². The third-order valence-electron chi connectivity index (χ3n) is 4.25. The molecule has 2 aromatic rings. The van der Waals surface area contributed by atoms with Gasteiger partial charge in [-0.15, -0.1) is 0 Å². The lowest BCUT2D eigenvalue weighted by Crippen LogP contribution is -2.39. The molecule has 0 spiro atoms. The van der Waals surface area contributed by atoms with Crippen LogP contribution < -0.4 is 5.32 Å². The average molecular weight is 299 g/mol. The zero-order chi connectivity index (χ0) is 15.5. The van der Waals surface area contributed by atoms with E-state index in [1.807, 2.05) is 44.2 Å². The van der Waals surface area contributed by atoms with Crippen LogP contribution in [0.3, 0.4) is 0 Å². The Balaban J connectivity index is 1.69. The lowest BCUT2D eigenvalue weighted by Gasteiger charge is -2.23. The summed E-state index contributed by atoms with van der Waals surface area (Å²) in [5.74, 6) is 0.905. The Kier molecular flexibility index (Phi) is 4.24. The molecule has 1 saturated heterocycles. The number of aryl methyl sites for hydroxylation is 2. The highest BCUT2D eigenvalue weighted by atomic mass is 16.5. The van der Waals surface area contributed by atoms with E-state index < -0.39 is 0 Å². The van der Waals surface area contributed by atoms with E-state index in [1.54, 1.807) is 0 Å². The molecule has 116 valence electrons. The Morgan fingerprint density at radius 2 is 2.14 bits per heavy atom. The monoisotopic (exact) mass is 299 g/mol. The van der Waals surface area contributed by atoms with Crippen molar-refractivity contribution in [3.63, 3.8) is 0 Å². The van der Waals surface area contributed by atoms with Gasteiger partial charge < -0.3 is 9.84 Å². The summed E-state index contributed by atoms with van der Waals surface area (Å²) in [7, 11) is 0. The van der Waals surface area contributed by atoms with Crippen LogP contribution in [0.5, 0.6) is 0 Å². The first-order valence-corrected chi connectivity index (χ1v) is 7.67. The van der Waals surface area contributed by atoms with E-state index in [0.717, 1.165) is 42.1 Å². The fourth-order valence-corrected chi connectivity index (χ4v) is 2.99. The molecule has 1 aromatic heterocycles. The van der Waals surface area contributed by atoms with Gasteiger partial charge in [0.05, 0.1) is 11.7 Å². The number of hydrogen-bond acceptors (Lipinski definition) is 4. The summed E-state index contributed by atoms with van der Waals surface area (Å²) in [4.78, 5) is 14.7. The van der Waals surface area contributed by atoms with Gasteiger partial charge in [-0.1, -0.05) is 23.4 Å². The first kappa shape index (κ1) is 14.8. The molecule has 1 amide bonds. The molecule has 0 aliphatic carbocycles. The Morgan fingerprint density at radius 1 is 1.36 bits per heavy atom. The highest BCUT2D eigenvalue weighted by Gasteiger charge is 2.31. The SMILES string of the molecule is Cc1noc(C)c1CN1CCCC1C(=O)Nc1ccccc1. The smallest absolute Gasteiger partial charge is 0.241 e. The number of rotatable bonds is 4. The van der Waals surface area contributed by atoms with E-state index >= 15 is 0 Å². The fraction of sp³-hybridized carbons (Fsp3) is 0.412. The highest BCUT2D eigenvalue weighted by molar-refractivity contribution is 5.94. The van der Waals surface area contributed by atoms with Crippen molar-refractivity contribution in [2.45, 2.75) is 39.3 Å². The summed E-state index contributed by atoms with van der Waals surface area (Å²) in [5.41, 5.74) is 2.85. The molecule has 0 saturated carbocycles. The lowest BCUT2D eigenvalue weighted by atomic mass is 10.1. The summed E-state index contributed by atoms with van der Waals surface area (Å²) in [6, 6.07) is 9.51. The number of para-hydroxylation sites is 1. The molecule has 2 heterocycles. The summed E-state index contributed by atoms with van der Waals surface area (Å²) in [6.07, 6.45) is 1.93. The van der Waals surface area contributed by atoms with Crippen molar-refractivity contribution in [3.8, 4) is 0 Å². The van der Waals surface area contributed by atoms with Crippen LogP contribution in [0.1, 0.15) is 29.9 Å². The van der Waals surface area contributed by atoms with Crippen LogP contribution in [0.2, 0.25) is 0 Å². The number of nitrogens with one attached hydrogen (secondary N) is 1. The second-order valence-electron chi connectivity index (χ2n) is 5.79. The normalized spacial score (nSPS) is 18.5. The minimum absolute atomic E-state index is 0.0652. The van der Waals surface area contributed by atoms with Crippen molar-refractivity contribution in [1.82, 2.24) is 10.1 Å². The predicted molar refractivity (Wildman–Crippen MR) is 84.5 cm³/mol. The minimum Gasteiger partial charge on any atom is -0.361 e. The topological polar surface area (TPSA) is 58.4 Å². The summed E-state index contributed by atoms with van der Waals surface area (Å²) in [6.45, 7) is 5.51. The maximum Gasteiger partial charge on any atom is 0.241 e. The van der Waals surface area contributed by atoms with Crippen LogP contribution in [0.25, 0.3) is 0 Å². The number of carbonyl (C=O) groups is 1. The molecule has 5 nitrogen and oxygen atoms in total. The number of hydrogen-bond donors (Lipinski definition) is 1. The molecular weight excluding hydrogens is 278 g/mol. The van der Waals surface area contributed by atoms with E-state index in [9.17, 15) is 4.79 Å². The Morgan fingerprint density at radius 3 is 2.82 bits per heavy atom. The van der Waals surface area contributed by atoms with Gasteiger partial charge in [0.25, 0.3) is 0 Å². The van der Waals surface area contributed by atoms with Gasteiger partial charge in [0, 0.05) is 17.8 Å². The zero-order valence-electron chi connectivity index (χ0n) is 13.0. The number of aromatic nitrogens is 1. The second kappa shape index (κ2) is 6.32. The van der Waals surface area contributed by atoms with E-state index in [-0.39, 0.29) is 11.9 Å². The van der Waals surface area contributed by atoms with Gasteiger partial charge in [0.15, 0.2) is 0 Å². The lowest BCUT2D eigenvalue weighted by molar-refractivity contribution is -0.120. The Bertz CT molecular complexity index is 632. The summed E-state index contributed by atoms with van der Waals surface area (Å²) < 4.78 is 5.22. The Labute approximate surface area is 130 Å².